The number of hydrogen-bond donors (Lipinski definition) is 2. The molecular weight excluding hydrogens is 442 g/mol. The number of aliphatic hydroxyl groups excluding tert-OH is 2. The molecule has 5 heteroatoms. The molecule has 2 aliphatic rings. The molecule has 34 heavy (non-hydrogen) atoms. The summed E-state index contributed by atoms with van der Waals surface area (Å²) >= 11 is 1.73. The third-order valence-corrected chi connectivity index (χ3v) is 8.17. The van der Waals surface area contributed by atoms with E-state index in [1.165, 1.54) is 11.1 Å². The number of carbonyl (C=O) groups is 1. The van der Waals surface area contributed by atoms with Gasteiger partial charge in [-0.2, -0.15) is 11.8 Å². The molecule has 0 radical (unpaired) electrons. The van der Waals surface area contributed by atoms with E-state index in [1.807, 2.05) is 23.1 Å². The van der Waals surface area contributed by atoms with Crippen LogP contribution < -0.4 is 0 Å². The number of carbonyl (C=O) groups excluding carboxylic acids is 1. The summed E-state index contributed by atoms with van der Waals surface area (Å²) in [5.41, 5.74) is 3.80. The highest BCUT2D eigenvalue weighted by Crippen LogP contribution is 2.48. The molecule has 0 saturated heterocycles. The zero-order valence-corrected chi connectivity index (χ0v) is 22.3. The van der Waals surface area contributed by atoms with Gasteiger partial charge in [0.2, 0.25) is 5.91 Å². The van der Waals surface area contributed by atoms with Crippen LogP contribution in [-0.2, 0) is 11.2 Å². The number of fused-ring (bicyclic) bond motifs is 1. The van der Waals surface area contributed by atoms with Crippen LogP contribution in [0.1, 0.15) is 58.1 Å². The fourth-order valence-corrected chi connectivity index (χ4v) is 6.68. The number of thioether (sulfide) groups is 1. The molecule has 0 aliphatic heterocycles. The lowest BCUT2D eigenvalue weighted by Gasteiger charge is -2.30. The van der Waals surface area contributed by atoms with Gasteiger partial charge in [-0.05, 0) is 77.0 Å². The van der Waals surface area contributed by atoms with Crippen molar-refractivity contribution >= 4 is 17.7 Å². The molecule has 3 rings (SSSR count). The quantitative estimate of drug-likeness (QED) is 0.335. The van der Waals surface area contributed by atoms with Crippen LogP contribution in [0.2, 0.25) is 0 Å². The summed E-state index contributed by atoms with van der Waals surface area (Å²) in [5, 5.41) is 21.1. The molecule has 1 aromatic carbocycles. The van der Waals surface area contributed by atoms with Gasteiger partial charge in [0.25, 0.3) is 0 Å². The van der Waals surface area contributed by atoms with Gasteiger partial charge in [0, 0.05) is 24.4 Å². The van der Waals surface area contributed by atoms with Crippen LogP contribution in [0.4, 0.5) is 0 Å². The van der Waals surface area contributed by atoms with Gasteiger partial charge in [0.15, 0.2) is 0 Å². The van der Waals surface area contributed by atoms with E-state index in [1.54, 1.807) is 11.8 Å². The third kappa shape index (κ3) is 7.22. The summed E-state index contributed by atoms with van der Waals surface area (Å²) in [5.74, 6) is 2.68. The summed E-state index contributed by atoms with van der Waals surface area (Å²) in [6.45, 7) is 10.4. The van der Waals surface area contributed by atoms with E-state index in [4.69, 9.17) is 0 Å². The van der Waals surface area contributed by atoms with Gasteiger partial charge >= 0.3 is 0 Å². The van der Waals surface area contributed by atoms with Crippen molar-refractivity contribution in [2.45, 2.75) is 84.6 Å². The van der Waals surface area contributed by atoms with Crippen LogP contribution in [0, 0.1) is 24.7 Å². The van der Waals surface area contributed by atoms with E-state index in [9.17, 15) is 15.0 Å². The molecule has 5 atom stereocenters. The van der Waals surface area contributed by atoms with Crippen LogP contribution in [0.5, 0.6) is 0 Å². The van der Waals surface area contributed by atoms with E-state index in [0.717, 1.165) is 30.6 Å². The number of aliphatic hydroxyl groups is 2. The van der Waals surface area contributed by atoms with Crippen LogP contribution in [0.25, 0.3) is 0 Å². The van der Waals surface area contributed by atoms with Crippen molar-refractivity contribution < 1.29 is 15.0 Å². The van der Waals surface area contributed by atoms with Crippen molar-refractivity contribution in [3.8, 4) is 0 Å². The Bertz CT molecular complexity index is 870. The van der Waals surface area contributed by atoms with Gasteiger partial charge in [0.05, 0.1) is 18.0 Å². The number of aryl methyl sites for hydroxylation is 1. The van der Waals surface area contributed by atoms with Crippen molar-refractivity contribution in [1.29, 1.82) is 0 Å². The van der Waals surface area contributed by atoms with Crippen LogP contribution in [0.3, 0.4) is 0 Å². The lowest BCUT2D eigenvalue weighted by atomic mass is 9.88. The first-order valence-electron chi connectivity index (χ1n) is 12.8. The number of amides is 1. The Morgan fingerprint density at radius 3 is 2.65 bits per heavy atom. The summed E-state index contributed by atoms with van der Waals surface area (Å²) in [6.07, 6.45) is 8.88. The molecule has 1 amide bonds. The smallest absolute Gasteiger partial charge is 0.233 e. The highest BCUT2D eigenvalue weighted by atomic mass is 32.2. The summed E-state index contributed by atoms with van der Waals surface area (Å²) in [7, 11) is 0. The monoisotopic (exact) mass is 485 g/mol. The first-order chi connectivity index (χ1) is 16.2. The number of benzene rings is 1. The fourth-order valence-electron chi connectivity index (χ4n) is 5.81. The molecule has 0 aromatic heterocycles. The van der Waals surface area contributed by atoms with Crippen molar-refractivity contribution in [2.24, 2.45) is 17.8 Å². The Hall–Kier alpha value is -1.56. The van der Waals surface area contributed by atoms with E-state index in [2.05, 4.69) is 58.9 Å². The zero-order valence-electron chi connectivity index (χ0n) is 21.5. The Kier molecular flexibility index (Phi) is 9.87. The predicted octanol–water partition coefficient (Wildman–Crippen LogP) is 5.17. The number of hydrogen-bond acceptors (Lipinski definition) is 4. The molecule has 1 aromatic rings. The van der Waals surface area contributed by atoms with E-state index < -0.39 is 6.10 Å². The minimum Gasteiger partial charge on any atom is -0.392 e. The standard InChI is InChI=1S/C29H43NO3S/c1-19(2)30(20(3)4)29(33)18-34-12-11-23-14-24-17-28(32)26(27(24)16-23)10-9-25(31)15-22-8-6-7-21(5)13-22/h6-10,13-14,19-20,24-28,31-32H,11-12,15-18H2,1-5H3/b10-9+/t24-,25+,26+,27-,28+/m0/s1. The fraction of sp³-hybridized carbons (Fsp3) is 0.621. The van der Waals surface area contributed by atoms with E-state index in [0.29, 0.717) is 24.0 Å². The second-order valence-corrected chi connectivity index (χ2v) is 11.8. The largest absolute Gasteiger partial charge is 0.392 e. The zero-order chi connectivity index (χ0) is 24.8. The second kappa shape index (κ2) is 12.4. The molecule has 1 fully saturated rings. The van der Waals surface area contributed by atoms with Crippen molar-refractivity contribution in [1.82, 2.24) is 4.90 Å². The maximum atomic E-state index is 12.6. The SMILES string of the molecule is Cc1cccc(C[C@H](O)/C=C/[C@@H]2[C@H]3CC(CCSCC(=O)N(C(C)C)C(C)C)=C[C@H]3C[C@H]2O)c1. The summed E-state index contributed by atoms with van der Waals surface area (Å²) in [4.78, 5) is 14.5. The number of rotatable bonds is 11. The number of nitrogens with zero attached hydrogens (tertiary/aromatic N) is 1. The van der Waals surface area contributed by atoms with Crippen LogP contribution in [0.15, 0.2) is 48.1 Å². The molecule has 2 N–H and O–H groups in total. The molecule has 0 unspecified atom stereocenters. The van der Waals surface area contributed by atoms with Gasteiger partial charge in [-0.15, -0.1) is 0 Å². The Morgan fingerprint density at radius 1 is 1.24 bits per heavy atom. The molecule has 2 aliphatic carbocycles. The van der Waals surface area contributed by atoms with Gasteiger partial charge in [-0.3, -0.25) is 4.79 Å². The Labute approximate surface area is 210 Å². The molecule has 0 bridgehead atoms. The minimum atomic E-state index is -0.535. The molecule has 4 nitrogen and oxygen atoms in total. The summed E-state index contributed by atoms with van der Waals surface area (Å²) in [6, 6.07) is 8.71. The topological polar surface area (TPSA) is 60.8 Å². The van der Waals surface area contributed by atoms with Crippen LogP contribution >= 0.6 is 11.8 Å². The first-order valence-corrected chi connectivity index (χ1v) is 14.0. The van der Waals surface area contributed by atoms with Crippen LogP contribution in [-0.4, -0.2) is 56.8 Å². The lowest BCUT2D eigenvalue weighted by Crippen LogP contribution is -2.43. The lowest BCUT2D eigenvalue weighted by molar-refractivity contribution is -0.131. The average molecular weight is 486 g/mol. The average Bonchev–Trinajstić information content (AvgIpc) is 3.25. The highest BCUT2D eigenvalue weighted by molar-refractivity contribution is 7.99. The summed E-state index contributed by atoms with van der Waals surface area (Å²) < 4.78 is 0. The van der Waals surface area contributed by atoms with Gasteiger partial charge in [0.1, 0.15) is 0 Å². The molecule has 188 valence electrons. The van der Waals surface area contributed by atoms with Crippen molar-refractivity contribution in [3.05, 3.63) is 59.2 Å². The highest BCUT2D eigenvalue weighted by Gasteiger charge is 2.43. The Morgan fingerprint density at radius 2 is 1.97 bits per heavy atom. The van der Waals surface area contributed by atoms with E-state index in [-0.39, 0.29) is 30.0 Å². The Balaban J connectivity index is 1.45. The minimum absolute atomic E-state index is 0.103. The van der Waals surface area contributed by atoms with Gasteiger partial charge in [-0.1, -0.05) is 53.6 Å². The van der Waals surface area contributed by atoms with Crippen molar-refractivity contribution in [3.63, 3.8) is 0 Å². The van der Waals surface area contributed by atoms with Crippen molar-refractivity contribution in [2.75, 3.05) is 11.5 Å². The molecule has 0 heterocycles. The maximum Gasteiger partial charge on any atom is 0.233 e. The predicted molar refractivity (Wildman–Crippen MR) is 143 cm³/mol. The van der Waals surface area contributed by atoms with E-state index >= 15 is 0 Å². The van der Waals surface area contributed by atoms with Gasteiger partial charge in [-0.25, -0.2) is 0 Å². The molecule has 1 saturated carbocycles. The molecular formula is C29H43NO3S. The second-order valence-electron chi connectivity index (χ2n) is 10.7. The number of allylic oxidation sites excluding steroid dienone is 2. The molecule has 0 spiro atoms. The normalized spacial score (nSPS) is 25.3. The first kappa shape index (κ1) is 27.0. The van der Waals surface area contributed by atoms with Gasteiger partial charge < -0.3 is 15.1 Å². The maximum absolute atomic E-state index is 12.6. The third-order valence-electron chi connectivity index (χ3n) is 7.23.